The van der Waals surface area contributed by atoms with Gasteiger partial charge < -0.3 is 5.11 Å². The number of aliphatic hydroxyl groups excluding tert-OH is 1. The van der Waals surface area contributed by atoms with E-state index in [1.807, 2.05) is 24.3 Å². The predicted molar refractivity (Wildman–Crippen MR) is 40.8 cm³/mol. The normalized spacial score (nSPS) is 10.6. The van der Waals surface area contributed by atoms with Gasteiger partial charge in [-0.2, -0.15) is 0 Å². The van der Waals surface area contributed by atoms with Crippen LogP contribution in [0.5, 0.6) is 0 Å². The van der Waals surface area contributed by atoms with Crippen LogP contribution in [-0.4, -0.2) is 10.1 Å². The van der Waals surface area contributed by atoms with Gasteiger partial charge in [0.25, 0.3) is 5.82 Å². The standard InChI is InChI=1S/C8H8N2O/c11-5-8-9-6-3-1-2-4-7(6)10-8/h1-4,11H,5H2,(H,9,10)/p+1. The number of nitrogens with one attached hydrogen (secondary N) is 2. The van der Waals surface area contributed by atoms with Gasteiger partial charge in [-0.1, -0.05) is 12.1 Å². The molecule has 11 heavy (non-hydrogen) atoms. The highest BCUT2D eigenvalue weighted by atomic mass is 16.3. The van der Waals surface area contributed by atoms with Gasteiger partial charge >= 0.3 is 0 Å². The molecule has 0 unspecified atom stereocenters. The minimum atomic E-state index is 0.0225. The molecule has 0 bridgehead atoms. The number of benzene rings is 1. The molecule has 0 fully saturated rings. The lowest BCUT2D eigenvalue weighted by Crippen LogP contribution is -2.06. The summed E-state index contributed by atoms with van der Waals surface area (Å²) in [6.45, 7) is 0.0225. The van der Waals surface area contributed by atoms with E-state index < -0.39 is 0 Å². The fourth-order valence-electron chi connectivity index (χ4n) is 1.14. The summed E-state index contributed by atoms with van der Waals surface area (Å²) in [5.41, 5.74) is 2.05. The van der Waals surface area contributed by atoms with Crippen LogP contribution in [0.1, 0.15) is 5.82 Å². The monoisotopic (exact) mass is 149 g/mol. The molecule has 0 aliphatic heterocycles. The summed E-state index contributed by atoms with van der Waals surface area (Å²) in [4.78, 5) is 6.08. The summed E-state index contributed by atoms with van der Waals surface area (Å²) in [6, 6.07) is 7.83. The van der Waals surface area contributed by atoms with Crippen molar-refractivity contribution in [2.75, 3.05) is 0 Å². The lowest BCUT2D eigenvalue weighted by atomic mass is 10.3. The highest BCUT2D eigenvalue weighted by Crippen LogP contribution is 2.05. The largest absolute Gasteiger partial charge is 0.384 e. The number of aromatic nitrogens is 2. The number of H-pyrrole nitrogens is 2. The molecule has 0 aliphatic carbocycles. The van der Waals surface area contributed by atoms with Gasteiger partial charge in [0.15, 0.2) is 11.0 Å². The first-order valence-electron chi connectivity index (χ1n) is 3.50. The van der Waals surface area contributed by atoms with Crippen LogP contribution in [0.4, 0.5) is 0 Å². The molecular weight excluding hydrogens is 140 g/mol. The van der Waals surface area contributed by atoms with Gasteiger partial charge in [0.05, 0.1) is 0 Å². The first kappa shape index (κ1) is 6.37. The minimum Gasteiger partial charge on any atom is -0.384 e. The summed E-state index contributed by atoms with van der Waals surface area (Å²) in [5, 5.41) is 8.78. The Hall–Kier alpha value is -1.35. The number of aliphatic hydroxyl groups is 1. The van der Waals surface area contributed by atoms with Crippen LogP contribution in [0.3, 0.4) is 0 Å². The Labute approximate surface area is 63.7 Å². The van der Waals surface area contributed by atoms with Crippen LogP contribution in [-0.2, 0) is 6.61 Å². The Morgan fingerprint density at radius 3 is 2.91 bits per heavy atom. The number of hydrogen-bond acceptors (Lipinski definition) is 1. The lowest BCUT2D eigenvalue weighted by Gasteiger charge is -1.76. The topological polar surface area (TPSA) is 50.2 Å². The smallest absolute Gasteiger partial charge is 0.279 e. The van der Waals surface area contributed by atoms with Gasteiger partial charge in [-0.15, -0.1) is 0 Å². The van der Waals surface area contributed by atoms with Crippen molar-refractivity contribution in [2.45, 2.75) is 6.61 Å². The van der Waals surface area contributed by atoms with E-state index in [4.69, 9.17) is 5.11 Å². The van der Waals surface area contributed by atoms with Crippen LogP contribution in [0.25, 0.3) is 11.0 Å². The molecule has 0 saturated heterocycles. The summed E-state index contributed by atoms with van der Waals surface area (Å²) in [7, 11) is 0. The summed E-state index contributed by atoms with van der Waals surface area (Å²) < 4.78 is 0. The van der Waals surface area contributed by atoms with E-state index in [1.165, 1.54) is 0 Å². The van der Waals surface area contributed by atoms with Crippen molar-refractivity contribution < 1.29 is 10.1 Å². The molecule has 1 aromatic heterocycles. The number of imidazole rings is 1. The second kappa shape index (κ2) is 2.36. The van der Waals surface area contributed by atoms with Crippen LogP contribution >= 0.6 is 0 Å². The average molecular weight is 149 g/mol. The Morgan fingerprint density at radius 2 is 2.18 bits per heavy atom. The first-order valence-corrected chi connectivity index (χ1v) is 3.50. The molecule has 2 rings (SSSR count). The van der Waals surface area contributed by atoms with E-state index in [0.717, 1.165) is 16.9 Å². The van der Waals surface area contributed by atoms with Gasteiger partial charge in [0, 0.05) is 0 Å². The molecule has 0 saturated carbocycles. The Balaban J connectivity index is 2.69. The van der Waals surface area contributed by atoms with E-state index in [-0.39, 0.29) is 6.61 Å². The molecule has 0 atom stereocenters. The van der Waals surface area contributed by atoms with Crippen molar-refractivity contribution in [3.63, 3.8) is 0 Å². The number of hydrogen-bond donors (Lipinski definition) is 2. The molecule has 0 spiro atoms. The van der Waals surface area contributed by atoms with E-state index in [9.17, 15) is 0 Å². The highest BCUT2D eigenvalue weighted by Gasteiger charge is 2.05. The van der Waals surface area contributed by atoms with Crippen molar-refractivity contribution in [1.82, 2.24) is 4.98 Å². The van der Waals surface area contributed by atoms with Crippen molar-refractivity contribution in [1.29, 1.82) is 0 Å². The fourth-order valence-corrected chi connectivity index (χ4v) is 1.14. The maximum atomic E-state index is 8.78. The average Bonchev–Trinajstić information content (AvgIpc) is 2.46. The molecule has 56 valence electrons. The number of rotatable bonds is 1. The first-order chi connectivity index (χ1) is 5.40. The van der Waals surface area contributed by atoms with Crippen LogP contribution in [0.2, 0.25) is 0 Å². The molecule has 1 heterocycles. The van der Waals surface area contributed by atoms with Crippen LogP contribution in [0, 0.1) is 0 Å². The zero-order chi connectivity index (χ0) is 7.68. The molecule has 1 aromatic carbocycles. The molecule has 3 heteroatoms. The van der Waals surface area contributed by atoms with E-state index in [0.29, 0.717) is 0 Å². The zero-order valence-electron chi connectivity index (χ0n) is 5.96. The van der Waals surface area contributed by atoms with Crippen molar-refractivity contribution in [2.24, 2.45) is 0 Å². The van der Waals surface area contributed by atoms with E-state index in [1.54, 1.807) is 0 Å². The quantitative estimate of drug-likeness (QED) is 0.608. The van der Waals surface area contributed by atoms with Gasteiger partial charge in [-0.3, -0.25) is 0 Å². The van der Waals surface area contributed by atoms with Crippen molar-refractivity contribution in [3.05, 3.63) is 30.1 Å². The van der Waals surface area contributed by atoms with Gasteiger partial charge in [-0.05, 0) is 12.1 Å². The second-order valence-corrected chi connectivity index (χ2v) is 2.43. The van der Waals surface area contributed by atoms with Crippen LogP contribution in [0.15, 0.2) is 24.3 Å². The maximum Gasteiger partial charge on any atom is 0.279 e. The SMILES string of the molecule is OCc1[nH]c2ccccc2[nH+]1. The molecule has 3 N–H and O–H groups in total. The van der Waals surface area contributed by atoms with Crippen molar-refractivity contribution >= 4 is 11.0 Å². The number of aromatic amines is 2. The zero-order valence-corrected chi connectivity index (χ0v) is 5.96. The molecule has 0 aliphatic rings. The number of para-hydroxylation sites is 2. The van der Waals surface area contributed by atoms with Gasteiger partial charge in [-0.25, -0.2) is 9.97 Å². The van der Waals surface area contributed by atoms with Crippen molar-refractivity contribution in [3.8, 4) is 0 Å². The predicted octanol–water partition coefficient (Wildman–Crippen LogP) is 0.474. The third-order valence-electron chi connectivity index (χ3n) is 1.66. The summed E-state index contributed by atoms with van der Waals surface area (Å²) in [5.74, 6) is 0.742. The van der Waals surface area contributed by atoms with Gasteiger partial charge in [0.2, 0.25) is 0 Å². The molecule has 3 nitrogen and oxygen atoms in total. The Bertz CT molecular complexity index is 334. The molecule has 2 aromatic rings. The third kappa shape index (κ3) is 0.991. The Morgan fingerprint density at radius 1 is 1.36 bits per heavy atom. The van der Waals surface area contributed by atoms with Gasteiger partial charge in [0.1, 0.15) is 6.61 Å². The highest BCUT2D eigenvalue weighted by molar-refractivity contribution is 5.70. The second-order valence-electron chi connectivity index (χ2n) is 2.43. The maximum absolute atomic E-state index is 8.78. The fraction of sp³-hybridized carbons (Fsp3) is 0.125. The number of fused-ring (bicyclic) bond motifs is 1. The van der Waals surface area contributed by atoms with E-state index >= 15 is 0 Å². The lowest BCUT2D eigenvalue weighted by molar-refractivity contribution is -0.363. The van der Waals surface area contributed by atoms with E-state index in [2.05, 4.69) is 9.97 Å². The molecule has 0 amide bonds. The van der Waals surface area contributed by atoms with Crippen LogP contribution < -0.4 is 4.98 Å². The summed E-state index contributed by atoms with van der Waals surface area (Å²) in [6.07, 6.45) is 0. The molecule has 0 radical (unpaired) electrons. The minimum absolute atomic E-state index is 0.0225. The molecular formula is C8H9N2O+. The third-order valence-corrected chi connectivity index (χ3v) is 1.66. The Kier molecular flexibility index (Phi) is 1.36. The summed E-state index contributed by atoms with van der Waals surface area (Å²) >= 11 is 0.